The van der Waals surface area contributed by atoms with Crippen molar-refractivity contribution >= 4 is 17.8 Å². The number of likely N-dealkylation sites (tertiary alicyclic amines) is 2. The minimum Gasteiger partial charge on any atom is -0.481 e. The molecule has 2 aliphatic rings. The second-order valence-corrected chi connectivity index (χ2v) is 6.56. The fraction of sp³-hybridized carbons (Fsp3) is 0.389. The van der Waals surface area contributed by atoms with Crippen molar-refractivity contribution < 1.29 is 24.6 Å². The van der Waals surface area contributed by atoms with Crippen LogP contribution in [0.4, 0.5) is 0 Å². The molecule has 2 fully saturated rings. The molecule has 2 aliphatic heterocycles. The fourth-order valence-corrected chi connectivity index (χ4v) is 3.71. The Kier molecular flexibility index (Phi) is 4.34. The highest BCUT2D eigenvalue weighted by atomic mass is 16.4. The summed E-state index contributed by atoms with van der Waals surface area (Å²) in [6.45, 7) is 3.98. The van der Waals surface area contributed by atoms with E-state index in [1.54, 1.807) is 30.3 Å². The fourth-order valence-electron chi connectivity index (χ4n) is 3.71. The number of aliphatic carboxylic acids is 1. The van der Waals surface area contributed by atoms with Crippen molar-refractivity contribution in [2.45, 2.75) is 6.61 Å². The first kappa shape index (κ1) is 17.2. The highest BCUT2D eigenvalue weighted by molar-refractivity contribution is 5.98. The normalized spacial score (nSPS) is 25.2. The first-order valence-electron chi connectivity index (χ1n) is 8.05. The van der Waals surface area contributed by atoms with Crippen LogP contribution in [0.15, 0.2) is 36.9 Å². The zero-order valence-corrected chi connectivity index (χ0v) is 13.7. The van der Waals surface area contributed by atoms with Crippen molar-refractivity contribution in [3.05, 3.63) is 48.0 Å². The smallest absolute Gasteiger partial charge is 0.314 e. The lowest BCUT2D eigenvalue weighted by Crippen LogP contribution is -2.42. The van der Waals surface area contributed by atoms with Gasteiger partial charge in [-0.1, -0.05) is 18.2 Å². The summed E-state index contributed by atoms with van der Waals surface area (Å²) in [4.78, 5) is 40.1. The molecule has 0 unspecified atom stereocenters. The number of carboxylic acid groups (broad SMARTS) is 1. The number of aliphatic hydroxyl groups excluding tert-OH is 1. The van der Waals surface area contributed by atoms with E-state index in [4.69, 9.17) is 5.11 Å². The molecular formula is C18H20N2O5. The quantitative estimate of drug-likeness (QED) is 0.751. The molecule has 2 N–H and O–H groups in total. The molecular weight excluding hydrogens is 324 g/mol. The summed E-state index contributed by atoms with van der Waals surface area (Å²) in [5, 5.41) is 18.8. The largest absolute Gasteiger partial charge is 0.481 e. The van der Waals surface area contributed by atoms with Gasteiger partial charge in [0.05, 0.1) is 12.5 Å². The summed E-state index contributed by atoms with van der Waals surface area (Å²) < 4.78 is 0. The summed E-state index contributed by atoms with van der Waals surface area (Å²) in [5.74, 6) is -2.33. The number of fused-ring (bicyclic) bond motifs is 1. The van der Waals surface area contributed by atoms with E-state index < -0.39 is 17.3 Å². The molecule has 2 amide bonds. The van der Waals surface area contributed by atoms with E-state index in [1.165, 1.54) is 9.80 Å². The highest BCUT2D eigenvalue weighted by Crippen LogP contribution is 2.44. The number of carbonyl (C=O) groups excluding carboxylic acids is 2. The number of hydrogen-bond donors (Lipinski definition) is 2. The van der Waals surface area contributed by atoms with Crippen LogP contribution in [0.2, 0.25) is 0 Å². The van der Waals surface area contributed by atoms with Crippen LogP contribution in [0, 0.1) is 11.3 Å². The zero-order chi connectivity index (χ0) is 18.2. The van der Waals surface area contributed by atoms with Crippen LogP contribution in [-0.2, 0) is 16.2 Å². The first-order valence-corrected chi connectivity index (χ1v) is 8.05. The molecule has 1 aromatic carbocycles. The third kappa shape index (κ3) is 2.70. The molecule has 3 rings (SSSR count). The van der Waals surface area contributed by atoms with Gasteiger partial charge in [0.2, 0.25) is 5.91 Å². The van der Waals surface area contributed by atoms with Crippen molar-refractivity contribution in [3.8, 4) is 0 Å². The number of aliphatic hydroxyl groups is 1. The molecule has 0 aliphatic carbocycles. The van der Waals surface area contributed by atoms with Crippen LogP contribution in [-0.4, -0.2) is 64.0 Å². The summed E-state index contributed by atoms with van der Waals surface area (Å²) in [6, 6.07) is 6.49. The number of hydrogen-bond acceptors (Lipinski definition) is 4. The first-order chi connectivity index (χ1) is 11.9. The monoisotopic (exact) mass is 344 g/mol. The number of carbonyl (C=O) groups is 3. The van der Waals surface area contributed by atoms with Crippen LogP contribution in [0.5, 0.6) is 0 Å². The topological polar surface area (TPSA) is 98.2 Å². The average Bonchev–Trinajstić information content (AvgIpc) is 3.11. The molecule has 1 aromatic rings. The summed E-state index contributed by atoms with van der Waals surface area (Å²) in [7, 11) is 0. The van der Waals surface area contributed by atoms with Crippen molar-refractivity contribution in [2.24, 2.45) is 11.3 Å². The third-order valence-electron chi connectivity index (χ3n) is 5.07. The SMILES string of the molecule is C=CCN1C[C@]2(C(=O)O)CN(C(=O)c3ccc(CO)cc3)C[C@@H]2C1=O. The van der Waals surface area contributed by atoms with Gasteiger partial charge in [-0.3, -0.25) is 14.4 Å². The van der Waals surface area contributed by atoms with Crippen LogP contribution in [0.1, 0.15) is 15.9 Å². The predicted molar refractivity (Wildman–Crippen MR) is 88.6 cm³/mol. The average molecular weight is 344 g/mol. The molecule has 2 heterocycles. The maximum absolute atomic E-state index is 12.7. The van der Waals surface area contributed by atoms with Gasteiger partial charge in [0.1, 0.15) is 5.41 Å². The van der Waals surface area contributed by atoms with Crippen molar-refractivity contribution in [1.29, 1.82) is 0 Å². The van der Waals surface area contributed by atoms with Gasteiger partial charge in [-0.2, -0.15) is 0 Å². The van der Waals surface area contributed by atoms with Crippen LogP contribution < -0.4 is 0 Å². The molecule has 0 saturated carbocycles. The molecule has 2 saturated heterocycles. The Labute approximate surface area is 145 Å². The van der Waals surface area contributed by atoms with E-state index >= 15 is 0 Å². The molecule has 0 spiro atoms. The van der Waals surface area contributed by atoms with Gasteiger partial charge in [0.25, 0.3) is 5.91 Å². The number of benzene rings is 1. The number of amides is 2. The van der Waals surface area contributed by atoms with E-state index in [1.807, 2.05) is 0 Å². The zero-order valence-electron chi connectivity index (χ0n) is 13.7. The van der Waals surface area contributed by atoms with Crippen LogP contribution in [0.25, 0.3) is 0 Å². The summed E-state index contributed by atoms with van der Waals surface area (Å²) >= 11 is 0. The van der Waals surface area contributed by atoms with Crippen molar-refractivity contribution in [1.82, 2.24) is 9.80 Å². The predicted octanol–water partition coefficient (Wildman–Crippen LogP) is 0.350. The van der Waals surface area contributed by atoms with E-state index in [-0.39, 0.29) is 38.1 Å². The molecule has 2 atom stereocenters. The summed E-state index contributed by atoms with van der Waals surface area (Å²) in [6.07, 6.45) is 1.57. The lowest BCUT2D eigenvalue weighted by Gasteiger charge is -2.24. The van der Waals surface area contributed by atoms with Crippen molar-refractivity contribution in [2.75, 3.05) is 26.2 Å². The maximum Gasteiger partial charge on any atom is 0.314 e. The van der Waals surface area contributed by atoms with Gasteiger partial charge in [-0.25, -0.2) is 0 Å². The van der Waals surface area contributed by atoms with Gasteiger partial charge in [0, 0.05) is 31.7 Å². The van der Waals surface area contributed by atoms with Gasteiger partial charge in [-0.05, 0) is 17.7 Å². The number of carboxylic acids is 1. The molecule has 132 valence electrons. The van der Waals surface area contributed by atoms with E-state index in [0.29, 0.717) is 17.7 Å². The minimum absolute atomic E-state index is 0.00691. The Morgan fingerprint density at radius 2 is 1.96 bits per heavy atom. The second-order valence-electron chi connectivity index (χ2n) is 6.56. The third-order valence-corrected chi connectivity index (χ3v) is 5.07. The van der Waals surface area contributed by atoms with Crippen LogP contribution in [0.3, 0.4) is 0 Å². The van der Waals surface area contributed by atoms with Gasteiger partial charge in [0.15, 0.2) is 0 Å². The van der Waals surface area contributed by atoms with Gasteiger partial charge >= 0.3 is 5.97 Å². The van der Waals surface area contributed by atoms with E-state index in [2.05, 4.69) is 6.58 Å². The lowest BCUT2D eigenvalue weighted by molar-refractivity contribution is -0.149. The number of nitrogens with zero attached hydrogens (tertiary/aromatic N) is 2. The lowest BCUT2D eigenvalue weighted by atomic mass is 9.81. The molecule has 0 aromatic heterocycles. The standard InChI is InChI=1S/C18H20N2O5/c1-2-7-19-10-18(17(24)25)11-20(8-14(18)16(19)23)15(22)13-5-3-12(9-21)4-6-13/h2-6,14,21H,1,7-11H2,(H,24,25)/t14-,18+/m1/s1. The van der Waals surface area contributed by atoms with Gasteiger partial charge < -0.3 is 20.0 Å². The van der Waals surface area contributed by atoms with E-state index in [0.717, 1.165) is 0 Å². The Bertz CT molecular complexity index is 729. The van der Waals surface area contributed by atoms with E-state index in [9.17, 15) is 19.5 Å². The van der Waals surface area contributed by atoms with Crippen molar-refractivity contribution in [3.63, 3.8) is 0 Å². The Morgan fingerprint density at radius 3 is 2.48 bits per heavy atom. The Hall–Kier alpha value is -2.67. The number of rotatable bonds is 5. The summed E-state index contributed by atoms with van der Waals surface area (Å²) in [5.41, 5.74) is -0.166. The molecule has 7 heteroatoms. The highest BCUT2D eigenvalue weighted by Gasteiger charge is 2.62. The Morgan fingerprint density at radius 1 is 1.28 bits per heavy atom. The molecule has 7 nitrogen and oxygen atoms in total. The molecule has 0 radical (unpaired) electrons. The second kappa shape index (κ2) is 6.33. The Balaban J connectivity index is 1.83. The van der Waals surface area contributed by atoms with Crippen LogP contribution >= 0.6 is 0 Å². The maximum atomic E-state index is 12.7. The molecule has 25 heavy (non-hydrogen) atoms. The molecule has 0 bridgehead atoms. The van der Waals surface area contributed by atoms with Gasteiger partial charge in [-0.15, -0.1) is 6.58 Å². The minimum atomic E-state index is -1.26.